The summed E-state index contributed by atoms with van der Waals surface area (Å²) in [4.78, 5) is 24.8. The molecule has 7 nitrogen and oxygen atoms in total. The lowest BCUT2D eigenvalue weighted by Crippen LogP contribution is -2.28. The van der Waals surface area contributed by atoms with E-state index < -0.39 is 5.92 Å². The van der Waals surface area contributed by atoms with Gasteiger partial charge >= 0.3 is 5.97 Å². The summed E-state index contributed by atoms with van der Waals surface area (Å²) in [5.41, 5.74) is 7.60. The molecule has 2 aliphatic heterocycles. The van der Waals surface area contributed by atoms with Crippen LogP contribution in [0.1, 0.15) is 64.5 Å². The molecule has 4 aromatic rings. The third kappa shape index (κ3) is 5.88. The fourth-order valence-corrected chi connectivity index (χ4v) is 8.27. The number of nitrogens with zero attached hydrogens (tertiary/aromatic N) is 2. The third-order valence-electron chi connectivity index (χ3n) is 8.28. The van der Waals surface area contributed by atoms with E-state index in [1.54, 1.807) is 36.5 Å². The fourth-order valence-electron chi connectivity index (χ4n) is 6.30. The topological polar surface area (TPSA) is 115 Å². The quantitative estimate of drug-likeness (QED) is 0.209. The van der Waals surface area contributed by atoms with Gasteiger partial charge in [-0.25, -0.2) is 4.79 Å². The molecule has 0 bridgehead atoms. The minimum Gasteiger partial charge on any atom is -0.463 e. The van der Waals surface area contributed by atoms with Gasteiger partial charge in [0.2, 0.25) is 0 Å². The molecule has 0 spiro atoms. The molecule has 0 fully saturated rings. The van der Waals surface area contributed by atoms with Crippen molar-refractivity contribution in [3.05, 3.63) is 115 Å². The molecule has 6 rings (SSSR count). The zero-order valence-electron chi connectivity index (χ0n) is 26.6. The Hall–Kier alpha value is -4.96. The van der Waals surface area contributed by atoms with Gasteiger partial charge in [0.15, 0.2) is 5.78 Å². The van der Waals surface area contributed by atoms with Crippen LogP contribution < -0.4 is 10.6 Å². The number of ketones is 1. The Morgan fingerprint density at radius 3 is 1.61 bits per heavy atom. The van der Waals surface area contributed by atoms with Gasteiger partial charge in [0.05, 0.1) is 47.3 Å². The first kappa shape index (κ1) is 32.4. The zero-order valence-corrected chi connectivity index (χ0v) is 28.2. The second-order valence-electron chi connectivity index (χ2n) is 11.1. The molecule has 232 valence electrons. The van der Waals surface area contributed by atoms with Crippen LogP contribution in [0, 0.1) is 22.7 Å². The Morgan fingerprint density at radius 2 is 1.17 bits per heavy atom. The average Bonchev–Trinajstić information content (AvgIpc) is 3.65. The number of ether oxygens (including phenoxy) is 1. The van der Waals surface area contributed by atoms with E-state index in [4.69, 9.17) is 4.74 Å². The normalized spacial score (nSPS) is 18.0. The number of dihydropyridines is 2. The minimum atomic E-state index is -0.397. The van der Waals surface area contributed by atoms with Gasteiger partial charge in [-0.05, 0) is 86.3 Å². The van der Waals surface area contributed by atoms with Gasteiger partial charge in [-0.1, -0.05) is 36.4 Å². The van der Waals surface area contributed by atoms with Crippen LogP contribution in [0.25, 0.3) is 20.2 Å². The van der Waals surface area contributed by atoms with Crippen molar-refractivity contribution in [2.45, 2.75) is 53.4 Å². The van der Waals surface area contributed by atoms with Crippen molar-refractivity contribution in [1.29, 1.82) is 10.5 Å². The Morgan fingerprint density at radius 1 is 0.739 bits per heavy atom. The molecule has 2 aliphatic rings. The summed E-state index contributed by atoms with van der Waals surface area (Å²) in [6.45, 7) is 11.2. The Labute approximate surface area is 276 Å². The van der Waals surface area contributed by atoms with Crippen molar-refractivity contribution in [3.8, 4) is 12.1 Å². The maximum absolute atomic E-state index is 12.6. The molecule has 4 heterocycles. The molecule has 0 saturated carbocycles. The van der Waals surface area contributed by atoms with E-state index in [0.29, 0.717) is 28.9 Å². The first-order valence-corrected chi connectivity index (χ1v) is 16.7. The lowest BCUT2D eigenvalue weighted by Gasteiger charge is -2.28. The lowest BCUT2D eigenvalue weighted by atomic mass is 9.79. The van der Waals surface area contributed by atoms with E-state index in [9.17, 15) is 20.1 Å². The number of carbonyl (C=O) groups excluding carboxylic acids is 2. The number of Topliss-reactive ketones (excluding diaryl/α,β-unsaturated/α-hetero) is 1. The first-order chi connectivity index (χ1) is 22.1. The highest BCUT2D eigenvalue weighted by Gasteiger charge is 2.36. The maximum atomic E-state index is 12.6. The number of thiophene rings is 2. The van der Waals surface area contributed by atoms with Gasteiger partial charge < -0.3 is 15.4 Å². The van der Waals surface area contributed by atoms with E-state index in [2.05, 4.69) is 40.3 Å². The number of allylic oxidation sites excluding steroid dienone is 7. The van der Waals surface area contributed by atoms with Crippen LogP contribution in [0.2, 0.25) is 0 Å². The number of nitrogens with one attached hydrogen (secondary N) is 2. The molecular weight excluding hydrogens is 613 g/mol. The minimum absolute atomic E-state index is 0.00512. The van der Waals surface area contributed by atoms with Crippen LogP contribution in [0.5, 0.6) is 0 Å². The Balaban J connectivity index is 0.000000182. The molecule has 0 amide bonds. The van der Waals surface area contributed by atoms with Gasteiger partial charge in [0, 0.05) is 37.8 Å². The van der Waals surface area contributed by atoms with Gasteiger partial charge in [-0.3, -0.25) is 4.79 Å². The van der Waals surface area contributed by atoms with E-state index in [0.717, 1.165) is 49.4 Å². The summed E-state index contributed by atoms with van der Waals surface area (Å²) in [5.74, 6) is -1.04. The summed E-state index contributed by atoms with van der Waals surface area (Å²) in [6, 6.07) is 20.7. The van der Waals surface area contributed by atoms with E-state index in [1.807, 2.05) is 69.5 Å². The zero-order chi connectivity index (χ0) is 33.1. The number of esters is 1. The van der Waals surface area contributed by atoms with E-state index >= 15 is 0 Å². The molecule has 9 heteroatoms. The number of carbonyl (C=O) groups is 2. The molecule has 46 heavy (non-hydrogen) atoms. The maximum Gasteiger partial charge on any atom is 0.336 e. The van der Waals surface area contributed by atoms with Gasteiger partial charge in [0.25, 0.3) is 0 Å². The lowest BCUT2D eigenvalue weighted by molar-refractivity contribution is -0.138. The largest absolute Gasteiger partial charge is 0.463 e. The number of hydrogen-bond donors (Lipinski definition) is 2. The molecule has 0 radical (unpaired) electrons. The molecule has 2 unspecified atom stereocenters. The van der Waals surface area contributed by atoms with Crippen LogP contribution in [-0.2, 0) is 14.3 Å². The van der Waals surface area contributed by atoms with Crippen LogP contribution in [-0.4, -0.2) is 18.4 Å². The predicted octanol–water partition coefficient (Wildman–Crippen LogP) is 8.47. The fraction of sp³-hybridized carbons (Fsp3) is 0.243. The molecular formula is C37H34N4O3S2. The predicted molar refractivity (Wildman–Crippen MR) is 185 cm³/mol. The number of fused-ring (bicyclic) bond motifs is 2. The van der Waals surface area contributed by atoms with E-state index in [1.165, 1.54) is 4.70 Å². The number of benzene rings is 2. The third-order valence-corrected chi connectivity index (χ3v) is 10.2. The van der Waals surface area contributed by atoms with Crippen LogP contribution >= 0.6 is 22.7 Å². The van der Waals surface area contributed by atoms with Crippen LogP contribution in [0.3, 0.4) is 0 Å². The second kappa shape index (κ2) is 13.6. The van der Waals surface area contributed by atoms with Crippen LogP contribution in [0.15, 0.2) is 104 Å². The van der Waals surface area contributed by atoms with Crippen molar-refractivity contribution < 1.29 is 14.3 Å². The molecule has 2 aromatic carbocycles. The smallest absolute Gasteiger partial charge is 0.336 e. The van der Waals surface area contributed by atoms with Crippen molar-refractivity contribution in [2.24, 2.45) is 0 Å². The van der Waals surface area contributed by atoms with Crippen molar-refractivity contribution in [1.82, 2.24) is 10.6 Å². The van der Waals surface area contributed by atoms with Crippen molar-refractivity contribution in [2.75, 3.05) is 6.61 Å². The first-order valence-electron chi connectivity index (χ1n) is 14.9. The van der Waals surface area contributed by atoms with Crippen molar-refractivity contribution >= 4 is 54.6 Å². The highest BCUT2D eigenvalue weighted by molar-refractivity contribution is 7.17. The molecule has 2 atom stereocenters. The van der Waals surface area contributed by atoms with Crippen LogP contribution in [0.4, 0.5) is 0 Å². The number of hydrogen-bond acceptors (Lipinski definition) is 9. The van der Waals surface area contributed by atoms with Gasteiger partial charge in [-0.15, -0.1) is 22.7 Å². The van der Waals surface area contributed by atoms with Crippen molar-refractivity contribution in [3.63, 3.8) is 0 Å². The van der Waals surface area contributed by atoms with Gasteiger partial charge in [0.1, 0.15) is 0 Å². The summed E-state index contributed by atoms with van der Waals surface area (Å²) in [6.07, 6.45) is 0. The highest BCUT2D eigenvalue weighted by atomic mass is 32.1. The Bertz CT molecular complexity index is 2090. The Kier molecular flexibility index (Phi) is 9.57. The monoisotopic (exact) mass is 646 g/mol. The summed E-state index contributed by atoms with van der Waals surface area (Å²) in [5, 5.41) is 31.9. The standard InChI is InChI=1S/C19H18N2O2S.C18H16N2OS/c1-4-23-19(22)17-12(3)21-11(2)14(9-20)18(17)15-10-24-16-8-6-5-7-13(15)16;1-10-14(8-19)18(17(12(3)21)11(2)20-10)15-9-22-16-7-5-4-6-13(15)16/h5-8,10,18,21H,4H2,1-3H3;4-7,9,18,20H,1-3H3. The van der Waals surface area contributed by atoms with E-state index in [-0.39, 0.29) is 17.7 Å². The molecule has 0 saturated heterocycles. The summed E-state index contributed by atoms with van der Waals surface area (Å²) < 4.78 is 7.57. The molecule has 2 N–H and O–H groups in total. The molecule has 0 aliphatic carbocycles. The average molecular weight is 647 g/mol. The second-order valence-corrected chi connectivity index (χ2v) is 13.0. The summed E-state index contributed by atoms with van der Waals surface area (Å²) in [7, 11) is 0. The molecule has 2 aromatic heterocycles. The number of rotatable bonds is 5. The number of nitriles is 2. The summed E-state index contributed by atoms with van der Waals surface area (Å²) >= 11 is 3.27. The SMILES string of the molecule is CC(=O)C1=C(C)NC(C)=C(C#N)C1c1csc2ccccc12.CCOC(=O)C1=C(C)NC(C)=C(C#N)C1c1csc2ccccc12. The van der Waals surface area contributed by atoms with Gasteiger partial charge in [-0.2, -0.15) is 10.5 Å². The highest BCUT2D eigenvalue weighted by Crippen LogP contribution is 2.44.